The third-order valence-corrected chi connectivity index (χ3v) is 2.89. The maximum Gasteiger partial charge on any atom is 0.259 e. The van der Waals surface area contributed by atoms with Crippen molar-refractivity contribution in [1.29, 1.82) is 0 Å². The summed E-state index contributed by atoms with van der Waals surface area (Å²) in [5.41, 5.74) is 6.42. The Bertz CT molecular complexity index is 452. The SMILES string of the molecule is Cc1cc(-c2nc(CN)no2)c(C)s1.Cl. The third-order valence-electron chi connectivity index (χ3n) is 1.92. The number of thiophene rings is 1. The van der Waals surface area contributed by atoms with Crippen LogP contribution in [-0.4, -0.2) is 10.1 Å². The molecule has 2 heterocycles. The summed E-state index contributed by atoms with van der Waals surface area (Å²) in [4.78, 5) is 6.61. The topological polar surface area (TPSA) is 64.9 Å². The number of halogens is 1. The average molecular weight is 246 g/mol. The van der Waals surface area contributed by atoms with E-state index < -0.39 is 0 Å². The number of hydrogen-bond donors (Lipinski definition) is 1. The van der Waals surface area contributed by atoms with Crippen molar-refractivity contribution in [3.63, 3.8) is 0 Å². The van der Waals surface area contributed by atoms with Gasteiger partial charge in [-0.15, -0.1) is 23.7 Å². The van der Waals surface area contributed by atoms with Gasteiger partial charge in [0.25, 0.3) is 5.89 Å². The predicted octanol–water partition coefficient (Wildman–Crippen LogP) is 2.30. The summed E-state index contributed by atoms with van der Waals surface area (Å²) in [5, 5.41) is 3.75. The summed E-state index contributed by atoms with van der Waals surface area (Å²) >= 11 is 1.72. The lowest BCUT2D eigenvalue weighted by Gasteiger charge is -1.88. The molecule has 82 valence electrons. The van der Waals surface area contributed by atoms with Crippen LogP contribution in [0.1, 0.15) is 15.6 Å². The van der Waals surface area contributed by atoms with Crippen LogP contribution in [0.5, 0.6) is 0 Å². The quantitative estimate of drug-likeness (QED) is 0.882. The minimum absolute atomic E-state index is 0. The first-order valence-electron chi connectivity index (χ1n) is 4.30. The minimum Gasteiger partial charge on any atom is -0.334 e. The van der Waals surface area contributed by atoms with Crippen LogP contribution in [0, 0.1) is 13.8 Å². The van der Waals surface area contributed by atoms with E-state index in [9.17, 15) is 0 Å². The molecule has 15 heavy (non-hydrogen) atoms. The molecule has 2 N–H and O–H groups in total. The highest BCUT2D eigenvalue weighted by molar-refractivity contribution is 7.12. The zero-order valence-electron chi connectivity index (χ0n) is 8.48. The number of rotatable bonds is 2. The molecule has 0 fully saturated rings. The van der Waals surface area contributed by atoms with Gasteiger partial charge in [0.15, 0.2) is 5.82 Å². The summed E-state index contributed by atoms with van der Waals surface area (Å²) < 4.78 is 5.10. The molecule has 0 bridgehead atoms. The summed E-state index contributed by atoms with van der Waals surface area (Å²) in [7, 11) is 0. The van der Waals surface area contributed by atoms with E-state index >= 15 is 0 Å². The first-order valence-corrected chi connectivity index (χ1v) is 5.12. The van der Waals surface area contributed by atoms with Crippen molar-refractivity contribution in [2.45, 2.75) is 20.4 Å². The van der Waals surface area contributed by atoms with Crippen molar-refractivity contribution in [2.24, 2.45) is 5.73 Å². The van der Waals surface area contributed by atoms with Crippen molar-refractivity contribution in [3.8, 4) is 11.5 Å². The Labute approximate surface area is 97.9 Å². The second kappa shape index (κ2) is 4.74. The Morgan fingerprint density at radius 3 is 2.67 bits per heavy atom. The number of nitrogens with zero attached hydrogens (tertiary/aromatic N) is 2. The van der Waals surface area contributed by atoms with Gasteiger partial charge in [0.1, 0.15) is 0 Å². The monoisotopic (exact) mass is 245 g/mol. The molecule has 0 saturated heterocycles. The van der Waals surface area contributed by atoms with Gasteiger partial charge in [-0.25, -0.2) is 0 Å². The molecular formula is C9H12ClN3OS. The fourth-order valence-electron chi connectivity index (χ4n) is 1.29. The van der Waals surface area contributed by atoms with Gasteiger partial charge in [0.05, 0.1) is 12.1 Å². The Kier molecular flexibility index (Phi) is 3.84. The van der Waals surface area contributed by atoms with Gasteiger partial charge in [-0.3, -0.25) is 0 Å². The van der Waals surface area contributed by atoms with Crippen LogP contribution in [0.25, 0.3) is 11.5 Å². The molecule has 0 aliphatic carbocycles. The fraction of sp³-hybridized carbons (Fsp3) is 0.333. The molecule has 0 atom stereocenters. The molecule has 2 rings (SSSR count). The second-order valence-corrected chi connectivity index (χ2v) is 4.51. The molecule has 0 amide bonds. The van der Waals surface area contributed by atoms with Crippen molar-refractivity contribution >= 4 is 23.7 Å². The lowest BCUT2D eigenvalue weighted by atomic mass is 10.2. The molecule has 6 heteroatoms. The zero-order valence-corrected chi connectivity index (χ0v) is 10.1. The van der Waals surface area contributed by atoms with Crippen LogP contribution in [-0.2, 0) is 6.54 Å². The average Bonchev–Trinajstić information content (AvgIpc) is 2.71. The maximum atomic E-state index is 5.40. The number of hydrogen-bond acceptors (Lipinski definition) is 5. The lowest BCUT2D eigenvalue weighted by Crippen LogP contribution is -1.97. The van der Waals surface area contributed by atoms with Gasteiger partial charge < -0.3 is 10.3 Å². The van der Waals surface area contributed by atoms with Gasteiger partial charge in [0, 0.05) is 9.75 Å². The highest BCUT2D eigenvalue weighted by Crippen LogP contribution is 2.29. The molecule has 0 aliphatic rings. The van der Waals surface area contributed by atoms with E-state index in [1.54, 1.807) is 11.3 Å². The number of nitrogens with two attached hydrogens (primary N) is 1. The van der Waals surface area contributed by atoms with Crippen molar-refractivity contribution in [2.75, 3.05) is 0 Å². The first kappa shape index (κ1) is 12.2. The first-order chi connectivity index (χ1) is 6.70. The molecule has 2 aromatic heterocycles. The summed E-state index contributed by atoms with van der Waals surface area (Å²) in [6.45, 7) is 4.41. The molecule has 2 aromatic rings. The van der Waals surface area contributed by atoms with Gasteiger partial charge in [-0.1, -0.05) is 5.16 Å². The van der Waals surface area contributed by atoms with E-state index in [-0.39, 0.29) is 12.4 Å². The van der Waals surface area contributed by atoms with E-state index in [0.29, 0.717) is 18.3 Å². The largest absolute Gasteiger partial charge is 0.334 e. The number of aryl methyl sites for hydroxylation is 2. The summed E-state index contributed by atoms with van der Waals surface area (Å²) in [6.07, 6.45) is 0. The molecule has 0 aliphatic heterocycles. The predicted molar refractivity (Wildman–Crippen MR) is 62.2 cm³/mol. The standard InChI is InChI=1S/C9H11N3OS.ClH/c1-5-3-7(6(2)14-5)9-11-8(4-10)12-13-9;/h3H,4,10H2,1-2H3;1H. The van der Waals surface area contributed by atoms with Crippen LogP contribution < -0.4 is 5.73 Å². The van der Waals surface area contributed by atoms with E-state index in [1.165, 1.54) is 9.75 Å². The van der Waals surface area contributed by atoms with Crippen LogP contribution in [0.15, 0.2) is 10.6 Å². The van der Waals surface area contributed by atoms with Crippen LogP contribution in [0.3, 0.4) is 0 Å². The molecule has 0 aromatic carbocycles. The second-order valence-electron chi connectivity index (χ2n) is 3.05. The molecule has 0 radical (unpaired) electrons. The Morgan fingerprint density at radius 2 is 2.20 bits per heavy atom. The van der Waals surface area contributed by atoms with Crippen LogP contribution in [0.4, 0.5) is 0 Å². The lowest BCUT2D eigenvalue weighted by molar-refractivity contribution is 0.423. The van der Waals surface area contributed by atoms with Gasteiger partial charge in [-0.05, 0) is 19.9 Å². The molecular weight excluding hydrogens is 234 g/mol. The molecule has 0 unspecified atom stereocenters. The number of aromatic nitrogens is 2. The van der Waals surface area contributed by atoms with Crippen molar-refractivity contribution < 1.29 is 4.52 Å². The molecule has 0 saturated carbocycles. The van der Waals surface area contributed by atoms with E-state index in [2.05, 4.69) is 17.1 Å². The Balaban J connectivity index is 0.00000112. The fourth-order valence-corrected chi connectivity index (χ4v) is 2.21. The third kappa shape index (κ3) is 2.37. The van der Waals surface area contributed by atoms with E-state index in [0.717, 1.165) is 5.56 Å². The molecule has 4 nitrogen and oxygen atoms in total. The summed E-state index contributed by atoms with van der Waals surface area (Å²) in [6, 6.07) is 2.05. The Morgan fingerprint density at radius 1 is 1.47 bits per heavy atom. The normalized spacial score (nSPS) is 10.1. The smallest absolute Gasteiger partial charge is 0.259 e. The highest BCUT2D eigenvalue weighted by atomic mass is 35.5. The van der Waals surface area contributed by atoms with Gasteiger partial charge in [-0.2, -0.15) is 4.98 Å². The summed E-state index contributed by atoms with van der Waals surface area (Å²) in [5.74, 6) is 1.11. The van der Waals surface area contributed by atoms with Crippen molar-refractivity contribution in [3.05, 3.63) is 21.6 Å². The van der Waals surface area contributed by atoms with Gasteiger partial charge in [0.2, 0.25) is 0 Å². The van der Waals surface area contributed by atoms with Crippen LogP contribution >= 0.6 is 23.7 Å². The van der Waals surface area contributed by atoms with E-state index in [1.807, 2.05) is 13.0 Å². The molecule has 0 spiro atoms. The van der Waals surface area contributed by atoms with Gasteiger partial charge >= 0.3 is 0 Å². The maximum absolute atomic E-state index is 5.40. The van der Waals surface area contributed by atoms with E-state index in [4.69, 9.17) is 10.3 Å². The highest BCUT2D eigenvalue weighted by Gasteiger charge is 2.12. The van der Waals surface area contributed by atoms with Crippen molar-refractivity contribution in [1.82, 2.24) is 10.1 Å². The Hall–Kier alpha value is -0.910. The minimum atomic E-state index is 0. The van der Waals surface area contributed by atoms with Crippen LogP contribution in [0.2, 0.25) is 0 Å². The zero-order chi connectivity index (χ0) is 10.1.